The Morgan fingerprint density at radius 3 is 1.13 bits per heavy atom. The fourth-order valence-electron chi connectivity index (χ4n) is 16.0. The number of nitrogen functional groups attached to an aromatic ring is 1. The van der Waals surface area contributed by atoms with E-state index in [2.05, 4.69) is 170 Å². The van der Waals surface area contributed by atoms with Crippen LogP contribution in [0.4, 0.5) is 35.3 Å². The Balaban J connectivity index is 0.000000169. The Morgan fingerprint density at radius 1 is 0.425 bits per heavy atom. The molecule has 3 unspecified atom stereocenters. The van der Waals surface area contributed by atoms with Crippen molar-refractivity contribution in [2.24, 2.45) is 0 Å². The topological polar surface area (TPSA) is 376 Å². The largest absolute Gasteiger partial charge is 0.497 e. The number of piperazine rings is 3. The van der Waals surface area contributed by atoms with Crippen LogP contribution in [0.1, 0.15) is 155 Å². The summed E-state index contributed by atoms with van der Waals surface area (Å²) in [6.45, 7) is 37.2. The maximum Gasteiger partial charge on any atom is 0.496 e. The Labute approximate surface area is 799 Å². The number of nitrogens with zero attached hydrogens (tertiary/aromatic N) is 18. The molecular weight excluding hydrogens is 1760 g/mol. The van der Waals surface area contributed by atoms with E-state index in [1.54, 1.807) is 34.6 Å². The summed E-state index contributed by atoms with van der Waals surface area (Å²) in [7, 11) is 12.5. The van der Waals surface area contributed by atoms with Crippen molar-refractivity contribution in [2.45, 2.75) is 188 Å². The highest BCUT2D eigenvalue weighted by molar-refractivity contribution is 9.10. The first kappa shape index (κ1) is 102. The molecule has 15 rings (SSSR count). The lowest BCUT2D eigenvalue weighted by Crippen LogP contribution is -2.43. The number of ether oxygens (including phenoxy) is 4. The molecule has 9 aromatic heterocycles. The number of pyridine rings is 6. The zero-order valence-electron chi connectivity index (χ0n) is 81.5. The van der Waals surface area contributed by atoms with Gasteiger partial charge in [-0.05, 0) is 172 Å². The van der Waals surface area contributed by atoms with Crippen LogP contribution in [0, 0.1) is 0 Å². The smallest absolute Gasteiger partial charge is 0.496 e. The fourth-order valence-corrected chi connectivity index (χ4v) is 16.2. The number of aromatic nitrogens is 12. The highest BCUT2D eigenvalue weighted by Gasteiger charge is 2.52. The summed E-state index contributed by atoms with van der Waals surface area (Å²) in [6.07, 6.45) is 19.5. The normalized spacial score (nSPS) is 16.9. The van der Waals surface area contributed by atoms with Crippen LogP contribution in [0.3, 0.4) is 0 Å². The van der Waals surface area contributed by atoms with Gasteiger partial charge in [0.15, 0.2) is 17.5 Å². The van der Waals surface area contributed by atoms with Gasteiger partial charge in [-0.2, -0.15) is 15.0 Å². The maximum atomic E-state index is 10.3. The van der Waals surface area contributed by atoms with Crippen LogP contribution in [0.2, 0.25) is 0 Å². The molecule has 35 heteroatoms. The summed E-state index contributed by atoms with van der Waals surface area (Å²) in [5.74, 6) is 5.53. The third-order valence-corrected chi connectivity index (χ3v) is 26.1. The molecule has 0 saturated carbocycles. The van der Waals surface area contributed by atoms with Gasteiger partial charge in [0.25, 0.3) is 0 Å². The van der Waals surface area contributed by atoms with Gasteiger partial charge in [0.1, 0.15) is 39.5 Å². The quantitative estimate of drug-likeness (QED) is 0.0163. The van der Waals surface area contributed by atoms with Crippen molar-refractivity contribution in [2.75, 3.05) is 180 Å². The molecule has 134 heavy (non-hydrogen) atoms. The SMILES string of the molecule is CCCCC(C)(CO)Nc1nc(N)nc2cc(-c3ccc(CN4CCN(C)CC4)nc3)cnc12.CCCCC(C)(CO)Nc1nc(NCc2ccc(OC)cc2OC)nc2cc(-c3ccc(CN4CCN(C)CC4)nc3)cnc12.CCCCC(C)(CO)Nc1nc(NCc2ccc(OC)cc2OC)nc2cc(B3OC(C)(C)C(C)(C)O3)cnc12.CN1CCN(Cc2ccc(Br)cn2)CC1. The minimum atomic E-state index is -0.570. The van der Waals surface area contributed by atoms with Gasteiger partial charge in [0.2, 0.25) is 17.8 Å². The lowest BCUT2D eigenvalue weighted by molar-refractivity contribution is 0.00578. The van der Waals surface area contributed by atoms with Gasteiger partial charge in [0.05, 0.1) is 110 Å². The molecule has 4 aliphatic heterocycles. The highest BCUT2D eigenvalue weighted by Crippen LogP contribution is 2.39. The second-order valence-electron chi connectivity index (χ2n) is 37.3. The molecule has 13 heterocycles. The summed E-state index contributed by atoms with van der Waals surface area (Å²) < 4.78 is 35.4. The number of methoxy groups -OCH3 is 4. The van der Waals surface area contributed by atoms with E-state index in [0.29, 0.717) is 92.8 Å². The van der Waals surface area contributed by atoms with Crippen LogP contribution >= 0.6 is 15.9 Å². The third kappa shape index (κ3) is 28.1. The number of hydrogen-bond acceptors (Lipinski definition) is 33. The van der Waals surface area contributed by atoms with E-state index in [-0.39, 0.29) is 25.8 Å². The van der Waals surface area contributed by atoms with Crippen molar-refractivity contribution in [3.05, 3.63) is 161 Å². The maximum absolute atomic E-state index is 10.3. The predicted octanol–water partition coefficient (Wildman–Crippen LogP) is 13.5. The zero-order valence-corrected chi connectivity index (χ0v) is 83.1. The lowest BCUT2D eigenvalue weighted by atomic mass is 9.80. The van der Waals surface area contributed by atoms with Crippen LogP contribution in [0.15, 0.2) is 133 Å². The van der Waals surface area contributed by atoms with E-state index in [1.165, 1.54) is 0 Å². The van der Waals surface area contributed by atoms with Gasteiger partial charge in [-0.3, -0.25) is 44.6 Å². The molecule has 720 valence electrons. The van der Waals surface area contributed by atoms with Crippen molar-refractivity contribution in [3.63, 3.8) is 0 Å². The zero-order chi connectivity index (χ0) is 95.7. The Kier molecular flexibility index (Phi) is 36.5. The molecule has 0 aliphatic carbocycles. The van der Waals surface area contributed by atoms with Crippen LogP contribution < -0.4 is 56.7 Å². The third-order valence-electron chi connectivity index (χ3n) is 25.6. The van der Waals surface area contributed by atoms with Crippen LogP contribution in [0.5, 0.6) is 23.0 Å². The van der Waals surface area contributed by atoms with Crippen LogP contribution in [-0.2, 0) is 42.0 Å². The van der Waals surface area contributed by atoms with Crippen LogP contribution in [-0.4, -0.2) is 287 Å². The van der Waals surface area contributed by atoms with E-state index in [4.69, 9.17) is 73.9 Å². The van der Waals surface area contributed by atoms with E-state index in [0.717, 1.165) is 222 Å². The molecule has 2 aromatic carbocycles. The van der Waals surface area contributed by atoms with Gasteiger partial charge < -0.3 is 90.6 Å². The molecule has 10 N–H and O–H groups in total. The van der Waals surface area contributed by atoms with Crippen molar-refractivity contribution in [1.82, 2.24) is 89.2 Å². The molecule has 0 spiro atoms. The molecule has 0 bridgehead atoms. The van der Waals surface area contributed by atoms with Crippen molar-refractivity contribution < 1.29 is 43.6 Å². The number of aliphatic hydroxyl groups is 3. The number of benzene rings is 2. The monoisotopic (exact) mass is 1900 g/mol. The lowest BCUT2D eigenvalue weighted by Gasteiger charge is -2.32. The summed E-state index contributed by atoms with van der Waals surface area (Å²) in [5.41, 5.74) is 17.0. The van der Waals surface area contributed by atoms with Gasteiger partial charge in [-0.1, -0.05) is 71.4 Å². The second-order valence-corrected chi connectivity index (χ2v) is 38.2. The van der Waals surface area contributed by atoms with Crippen molar-refractivity contribution in [3.8, 4) is 45.3 Å². The summed E-state index contributed by atoms with van der Waals surface area (Å²) >= 11 is 3.40. The minimum absolute atomic E-state index is 0.0113. The van der Waals surface area contributed by atoms with Gasteiger partial charge in [-0.15, -0.1) is 0 Å². The average molecular weight is 1900 g/mol. The molecule has 33 nitrogen and oxygen atoms in total. The standard InChI is InChI=1S/C34H46N8O3.C29H42BN5O5.C25H36N8O.C11H16BrN3/c1-6-7-12-34(2,23-43)40-32-31-29(38-33(39-32)37-20-25-9-11-28(44-4)18-30(25)45-5)17-26(21-36-31)24-8-10-27(35-19-24)22-42-15-13-41(3)14-16-42;1-9-10-13-29(6,18-36)35-25-24-22(14-20(17-31-24)30-39-27(2,3)28(4,5)40-30)33-26(34-25)32-16-19-11-12-21(37-7)15-23(19)38-8;1-4-5-8-25(2,17-34)31-23-22-21(29-24(26)30-23)13-19(15-28-22)18-6-7-20(27-14-18)16-33-11-9-32(3)10-12-33;1-14-4-6-15(7-5-14)9-11-3-2-10(12)8-13-11/h8-11,17-19,21,43H,6-7,12-16,20,22-23H2,1-5H3,(H2,37,38,39,40);11-12,14-15,17,36H,9-10,13,16,18H2,1-8H3,(H2,32,33,34,35);6-7,13-15,34H,4-5,8-12,16-17H2,1-3H3,(H3,26,29,30,31);2-3,8H,4-7,9H2,1H3. The van der Waals surface area contributed by atoms with Gasteiger partial charge >= 0.3 is 7.12 Å². The number of anilines is 6. The number of rotatable bonds is 37. The number of nitrogens with two attached hydrogens (primary N) is 1. The molecule has 4 saturated heterocycles. The van der Waals surface area contributed by atoms with E-state index in [9.17, 15) is 15.3 Å². The number of unbranched alkanes of at least 4 members (excludes halogenated alkanes) is 3. The van der Waals surface area contributed by atoms with Gasteiger partial charge in [-0.25, -0.2) is 15.0 Å². The molecule has 4 fully saturated rings. The highest BCUT2D eigenvalue weighted by atomic mass is 79.9. The first-order chi connectivity index (χ1) is 64.4. The summed E-state index contributed by atoms with van der Waals surface area (Å²) in [6, 6.07) is 29.8. The number of likely N-dealkylation sites (N-methyl/N-ethyl adjacent to an activating group) is 3. The second kappa shape index (κ2) is 47.8. The van der Waals surface area contributed by atoms with Crippen molar-refractivity contribution in [1.29, 1.82) is 0 Å². The van der Waals surface area contributed by atoms with Crippen molar-refractivity contribution >= 4 is 96.9 Å². The van der Waals surface area contributed by atoms with Crippen LogP contribution in [0.25, 0.3) is 55.4 Å². The van der Waals surface area contributed by atoms with E-state index >= 15 is 0 Å². The summed E-state index contributed by atoms with van der Waals surface area (Å²) in [4.78, 5) is 70.5. The number of fused-ring (bicyclic) bond motifs is 3. The predicted molar refractivity (Wildman–Crippen MR) is 539 cm³/mol. The van der Waals surface area contributed by atoms with E-state index < -0.39 is 34.9 Å². The number of hydrogen-bond donors (Lipinski definition) is 9. The molecule has 0 radical (unpaired) electrons. The molecule has 4 aliphatic rings. The average Bonchev–Trinajstić information content (AvgIpc) is 1.56. The number of nitrogens with one attached hydrogen (secondary N) is 5. The molecular formula is C99H140BBrN24O9. The van der Waals surface area contributed by atoms with Gasteiger partial charge in [0, 0.05) is 204 Å². The first-order valence-corrected chi connectivity index (χ1v) is 47.6. The fraction of sp³-hybridized carbons (Fsp3) is 0.515. The molecule has 11 aromatic rings. The van der Waals surface area contributed by atoms with E-state index in [1.807, 2.05) is 134 Å². The Bertz CT molecular complexity index is 5570. The Morgan fingerprint density at radius 2 is 0.784 bits per heavy atom. The molecule has 0 amide bonds. The molecule has 3 atom stereocenters. The minimum Gasteiger partial charge on any atom is -0.497 e. The summed E-state index contributed by atoms with van der Waals surface area (Å²) in [5, 5.41) is 47.6. The first-order valence-electron chi connectivity index (χ1n) is 46.8. The Hall–Kier alpha value is -10.5. The number of aliphatic hydroxyl groups excluding tert-OH is 3. The number of halogens is 1.